The van der Waals surface area contributed by atoms with Gasteiger partial charge in [0.1, 0.15) is 5.69 Å². The molecular formula is C25H21N3O5S. The number of carbonyl (C=O) groups excluding carboxylic acids is 2. The molecule has 0 radical (unpaired) electrons. The molecule has 5 rings (SSSR count). The van der Waals surface area contributed by atoms with E-state index in [9.17, 15) is 19.7 Å². The molecule has 0 spiro atoms. The van der Waals surface area contributed by atoms with Crippen LogP contribution in [-0.2, 0) is 16.1 Å². The van der Waals surface area contributed by atoms with Gasteiger partial charge in [0.2, 0.25) is 0 Å². The van der Waals surface area contributed by atoms with Gasteiger partial charge in [-0.3, -0.25) is 24.6 Å². The van der Waals surface area contributed by atoms with Crippen LogP contribution in [0, 0.1) is 10.1 Å². The molecule has 0 atom stereocenters. The van der Waals surface area contributed by atoms with Crippen LogP contribution in [0.4, 0.5) is 16.2 Å². The van der Waals surface area contributed by atoms with Gasteiger partial charge in [-0.1, -0.05) is 48.5 Å². The van der Waals surface area contributed by atoms with Crippen LogP contribution in [0.3, 0.4) is 0 Å². The van der Waals surface area contributed by atoms with Crippen molar-refractivity contribution in [3.05, 3.63) is 86.8 Å². The molecule has 34 heavy (non-hydrogen) atoms. The number of benzene rings is 3. The van der Waals surface area contributed by atoms with E-state index in [1.807, 2.05) is 47.4 Å². The average molecular weight is 476 g/mol. The zero-order valence-electron chi connectivity index (χ0n) is 18.2. The number of amides is 2. The van der Waals surface area contributed by atoms with E-state index >= 15 is 0 Å². The fraction of sp³-hybridized carbons (Fsp3) is 0.200. The van der Waals surface area contributed by atoms with Gasteiger partial charge < -0.3 is 9.64 Å². The molecule has 9 heteroatoms. The van der Waals surface area contributed by atoms with Crippen LogP contribution in [-0.4, -0.2) is 47.3 Å². The maximum Gasteiger partial charge on any atom is 0.293 e. The Morgan fingerprint density at radius 1 is 1.03 bits per heavy atom. The summed E-state index contributed by atoms with van der Waals surface area (Å²) in [5.74, 6) is -0.400. The van der Waals surface area contributed by atoms with Crippen molar-refractivity contribution in [2.24, 2.45) is 0 Å². The molecule has 2 saturated heterocycles. The van der Waals surface area contributed by atoms with Crippen molar-refractivity contribution in [1.82, 2.24) is 4.90 Å². The monoisotopic (exact) mass is 475 g/mol. The molecule has 2 heterocycles. The number of morpholine rings is 1. The predicted molar refractivity (Wildman–Crippen MR) is 132 cm³/mol. The fourth-order valence-electron chi connectivity index (χ4n) is 4.24. The van der Waals surface area contributed by atoms with Crippen LogP contribution in [0.25, 0.3) is 16.8 Å². The molecule has 0 unspecified atom stereocenters. The number of imide groups is 1. The lowest BCUT2D eigenvalue weighted by atomic mass is 10.0. The first-order valence-corrected chi connectivity index (χ1v) is 11.7. The van der Waals surface area contributed by atoms with Gasteiger partial charge >= 0.3 is 0 Å². The van der Waals surface area contributed by atoms with Crippen molar-refractivity contribution in [2.75, 3.05) is 31.2 Å². The maximum absolute atomic E-state index is 13.1. The Hall–Kier alpha value is -3.69. The van der Waals surface area contributed by atoms with Crippen LogP contribution in [0.5, 0.6) is 0 Å². The SMILES string of the molecule is O=C1S/C(=C\c2ccc(N3CCOCC3)c([N+](=O)[O-])c2)C(=O)N1Cc1cccc2ccccc12. The van der Waals surface area contributed by atoms with E-state index < -0.39 is 10.8 Å². The number of hydrogen-bond acceptors (Lipinski definition) is 7. The maximum atomic E-state index is 13.1. The quantitative estimate of drug-likeness (QED) is 0.297. The molecule has 2 aliphatic rings. The van der Waals surface area contributed by atoms with Crippen molar-refractivity contribution in [3.8, 4) is 0 Å². The summed E-state index contributed by atoms with van der Waals surface area (Å²) >= 11 is 0.850. The van der Waals surface area contributed by atoms with Gasteiger partial charge in [0, 0.05) is 19.2 Å². The molecule has 2 aliphatic heterocycles. The number of ether oxygens (including phenoxy) is 1. The number of anilines is 1. The second kappa shape index (κ2) is 9.28. The van der Waals surface area contributed by atoms with E-state index in [1.54, 1.807) is 18.2 Å². The van der Waals surface area contributed by atoms with Crippen molar-refractivity contribution in [2.45, 2.75) is 6.54 Å². The first kappa shape index (κ1) is 22.1. The number of hydrogen-bond donors (Lipinski definition) is 0. The summed E-state index contributed by atoms with van der Waals surface area (Å²) in [6, 6.07) is 18.5. The van der Waals surface area contributed by atoms with Crippen LogP contribution < -0.4 is 4.90 Å². The largest absolute Gasteiger partial charge is 0.378 e. The molecule has 0 saturated carbocycles. The topological polar surface area (TPSA) is 93.0 Å². The van der Waals surface area contributed by atoms with E-state index in [0.29, 0.717) is 37.6 Å². The minimum absolute atomic E-state index is 0.0365. The summed E-state index contributed by atoms with van der Waals surface area (Å²) in [5, 5.41) is 13.4. The van der Waals surface area contributed by atoms with Gasteiger partial charge in [0.05, 0.1) is 29.6 Å². The van der Waals surface area contributed by atoms with Crippen LogP contribution in [0.1, 0.15) is 11.1 Å². The number of carbonyl (C=O) groups is 2. The number of nitrogens with zero attached hydrogens (tertiary/aromatic N) is 3. The van der Waals surface area contributed by atoms with Crippen molar-refractivity contribution in [1.29, 1.82) is 0 Å². The highest BCUT2D eigenvalue weighted by atomic mass is 32.2. The minimum atomic E-state index is -0.422. The highest BCUT2D eigenvalue weighted by Gasteiger charge is 2.35. The Labute approximate surface area is 199 Å². The molecule has 2 fully saturated rings. The number of nitro groups is 1. The normalized spacial score (nSPS) is 17.7. The van der Waals surface area contributed by atoms with Crippen molar-refractivity contribution < 1.29 is 19.2 Å². The molecule has 172 valence electrons. The Morgan fingerprint density at radius 2 is 1.79 bits per heavy atom. The number of nitro benzene ring substituents is 1. The van der Waals surface area contributed by atoms with Crippen molar-refractivity contribution >= 4 is 51.1 Å². The van der Waals surface area contributed by atoms with Gasteiger partial charge in [0.25, 0.3) is 16.8 Å². The molecule has 2 amide bonds. The first-order chi connectivity index (χ1) is 16.5. The lowest BCUT2D eigenvalue weighted by Gasteiger charge is -2.28. The smallest absolute Gasteiger partial charge is 0.293 e. The summed E-state index contributed by atoms with van der Waals surface area (Å²) in [6.45, 7) is 2.35. The number of fused-ring (bicyclic) bond motifs is 1. The Morgan fingerprint density at radius 3 is 2.59 bits per heavy atom. The Bertz CT molecular complexity index is 1330. The number of rotatable bonds is 5. The minimum Gasteiger partial charge on any atom is -0.378 e. The molecular weight excluding hydrogens is 454 g/mol. The van der Waals surface area contributed by atoms with Crippen LogP contribution >= 0.6 is 11.8 Å². The van der Waals surface area contributed by atoms with E-state index in [2.05, 4.69) is 0 Å². The van der Waals surface area contributed by atoms with E-state index in [4.69, 9.17) is 4.74 Å². The highest BCUT2D eigenvalue weighted by Crippen LogP contribution is 2.36. The van der Waals surface area contributed by atoms with Crippen LogP contribution in [0.2, 0.25) is 0 Å². The molecule has 0 aromatic heterocycles. The second-order valence-corrected chi connectivity index (χ2v) is 9.00. The fourth-order valence-corrected chi connectivity index (χ4v) is 5.07. The Kier molecular flexibility index (Phi) is 6.04. The van der Waals surface area contributed by atoms with E-state index in [-0.39, 0.29) is 22.4 Å². The zero-order valence-corrected chi connectivity index (χ0v) is 19.0. The van der Waals surface area contributed by atoms with Gasteiger partial charge in [-0.15, -0.1) is 0 Å². The first-order valence-electron chi connectivity index (χ1n) is 10.8. The van der Waals surface area contributed by atoms with Gasteiger partial charge in [-0.25, -0.2) is 0 Å². The summed E-state index contributed by atoms with van der Waals surface area (Å²) in [6.07, 6.45) is 1.55. The van der Waals surface area contributed by atoms with Gasteiger partial charge in [-0.2, -0.15) is 0 Å². The molecule has 8 nitrogen and oxygen atoms in total. The summed E-state index contributed by atoms with van der Waals surface area (Å²) in [5.41, 5.74) is 1.87. The number of thioether (sulfide) groups is 1. The van der Waals surface area contributed by atoms with Gasteiger partial charge in [-0.05, 0) is 45.8 Å². The molecule has 0 bridgehead atoms. The zero-order chi connectivity index (χ0) is 23.7. The third kappa shape index (κ3) is 4.27. The third-order valence-electron chi connectivity index (χ3n) is 5.93. The molecule has 0 N–H and O–H groups in total. The van der Waals surface area contributed by atoms with Crippen LogP contribution in [0.15, 0.2) is 65.6 Å². The average Bonchev–Trinajstić information content (AvgIpc) is 3.12. The lowest BCUT2D eigenvalue weighted by Crippen LogP contribution is -2.36. The second-order valence-electron chi connectivity index (χ2n) is 8.01. The standard InChI is InChI=1S/C25H21N3O5S/c29-24-23(15-17-8-9-21(22(14-17)28(31)32)26-10-12-33-13-11-26)34-25(30)27(24)16-19-6-3-5-18-4-1-2-7-20(18)19/h1-9,14-15H,10-13,16H2/b23-15-. The molecule has 3 aromatic rings. The summed E-state index contributed by atoms with van der Waals surface area (Å²) < 4.78 is 5.33. The lowest BCUT2D eigenvalue weighted by molar-refractivity contribution is -0.384. The highest BCUT2D eigenvalue weighted by molar-refractivity contribution is 8.18. The molecule has 3 aromatic carbocycles. The van der Waals surface area contributed by atoms with E-state index in [0.717, 1.165) is 28.1 Å². The Balaban J connectivity index is 1.41. The third-order valence-corrected chi connectivity index (χ3v) is 6.84. The van der Waals surface area contributed by atoms with E-state index in [1.165, 1.54) is 11.0 Å². The predicted octanol–water partition coefficient (Wildman–Crippen LogP) is 4.82. The van der Waals surface area contributed by atoms with Gasteiger partial charge in [0.15, 0.2) is 0 Å². The van der Waals surface area contributed by atoms with Crippen molar-refractivity contribution in [3.63, 3.8) is 0 Å². The molecule has 0 aliphatic carbocycles. The summed E-state index contributed by atoms with van der Waals surface area (Å²) in [4.78, 5) is 40.4. The summed E-state index contributed by atoms with van der Waals surface area (Å²) in [7, 11) is 0.